The van der Waals surface area contributed by atoms with Crippen LogP contribution in [-0.4, -0.2) is 30.9 Å². The van der Waals surface area contributed by atoms with Crippen molar-refractivity contribution in [1.82, 2.24) is 25.0 Å². The highest BCUT2D eigenvalue weighted by molar-refractivity contribution is 6.31. The van der Waals surface area contributed by atoms with Crippen LogP contribution < -0.4 is 5.32 Å². The molecule has 0 aliphatic rings. The number of carbonyl (C=O) groups excluding carboxylic acids is 1. The molecule has 28 heavy (non-hydrogen) atoms. The van der Waals surface area contributed by atoms with Gasteiger partial charge >= 0.3 is 0 Å². The minimum Gasteiger partial charge on any atom is -0.288 e. The summed E-state index contributed by atoms with van der Waals surface area (Å²) in [6.07, 6.45) is 1.51. The standard InChI is InChI=1S/C19H14ClFN6O/c20-15-4-2-1-3-13(15)10-27-11-22-19(26-27)23-18(28)17-9-16(24-25-17)12-5-7-14(21)8-6-12/h1-9,11H,10H2,(H,24,25)(H,23,26,28). The quantitative estimate of drug-likeness (QED) is 0.537. The number of halogens is 2. The van der Waals surface area contributed by atoms with E-state index in [1.54, 1.807) is 28.9 Å². The predicted octanol–water partition coefficient (Wildman–Crippen LogP) is 3.76. The maximum atomic E-state index is 13.0. The number of amides is 1. The Morgan fingerprint density at radius 2 is 1.96 bits per heavy atom. The summed E-state index contributed by atoms with van der Waals surface area (Å²) in [5.74, 6) is -0.609. The Balaban J connectivity index is 1.44. The van der Waals surface area contributed by atoms with Crippen molar-refractivity contribution in [2.45, 2.75) is 6.54 Å². The third kappa shape index (κ3) is 3.91. The highest BCUT2D eigenvalue weighted by atomic mass is 35.5. The summed E-state index contributed by atoms with van der Waals surface area (Å²) >= 11 is 6.14. The summed E-state index contributed by atoms with van der Waals surface area (Å²) in [6.45, 7) is 0.432. The van der Waals surface area contributed by atoms with Crippen LogP contribution in [0, 0.1) is 5.82 Å². The molecule has 1 amide bonds. The van der Waals surface area contributed by atoms with E-state index < -0.39 is 5.91 Å². The number of hydrogen-bond donors (Lipinski definition) is 2. The van der Waals surface area contributed by atoms with Crippen LogP contribution in [0.15, 0.2) is 60.9 Å². The molecule has 2 aromatic heterocycles. The number of benzene rings is 2. The average Bonchev–Trinajstić information content (AvgIpc) is 3.34. The van der Waals surface area contributed by atoms with Crippen molar-refractivity contribution in [1.29, 1.82) is 0 Å². The molecule has 2 N–H and O–H groups in total. The Labute approximate surface area is 164 Å². The van der Waals surface area contributed by atoms with Crippen molar-refractivity contribution in [2.24, 2.45) is 0 Å². The molecular formula is C19H14ClFN6O. The first-order chi connectivity index (χ1) is 13.6. The molecular weight excluding hydrogens is 383 g/mol. The van der Waals surface area contributed by atoms with Crippen LogP contribution in [0.3, 0.4) is 0 Å². The topological polar surface area (TPSA) is 88.5 Å². The smallest absolute Gasteiger partial charge is 0.276 e. The number of anilines is 1. The zero-order valence-electron chi connectivity index (χ0n) is 14.4. The van der Waals surface area contributed by atoms with E-state index in [1.165, 1.54) is 18.5 Å². The monoisotopic (exact) mass is 396 g/mol. The molecule has 0 spiro atoms. The Bertz CT molecular complexity index is 1120. The van der Waals surface area contributed by atoms with Crippen LogP contribution in [-0.2, 0) is 6.54 Å². The highest BCUT2D eigenvalue weighted by Gasteiger charge is 2.14. The number of rotatable bonds is 5. The Morgan fingerprint density at radius 3 is 2.75 bits per heavy atom. The minimum atomic E-state index is -0.434. The zero-order valence-corrected chi connectivity index (χ0v) is 15.2. The van der Waals surface area contributed by atoms with Gasteiger partial charge in [-0.15, -0.1) is 5.10 Å². The number of aromatic amines is 1. The van der Waals surface area contributed by atoms with E-state index in [0.717, 1.165) is 5.56 Å². The third-order valence-corrected chi connectivity index (χ3v) is 4.38. The zero-order chi connectivity index (χ0) is 19.5. The average molecular weight is 397 g/mol. The molecule has 0 saturated carbocycles. The first-order valence-electron chi connectivity index (χ1n) is 8.34. The molecule has 0 radical (unpaired) electrons. The lowest BCUT2D eigenvalue weighted by molar-refractivity contribution is 0.102. The molecule has 0 unspecified atom stereocenters. The van der Waals surface area contributed by atoms with Crippen LogP contribution in [0.5, 0.6) is 0 Å². The van der Waals surface area contributed by atoms with Gasteiger partial charge in [0.25, 0.3) is 5.91 Å². The first kappa shape index (κ1) is 17.9. The summed E-state index contributed by atoms with van der Waals surface area (Å²) in [6, 6.07) is 14.8. The number of nitrogens with zero attached hydrogens (tertiary/aromatic N) is 4. The van der Waals surface area contributed by atoms with Gasteiger partial charge < -0.3 is 0 Å². The molecule has 0 atom stereocenters. The number of hydrogen-bond acceptors (Lipinski definition) is 4. The van der Waals surface area contributed by atoms with Crippen LogP contribution >= 0.6 is 11.6 Å². The molecule has 0 bridgehead atoms. The maximum Gasteiger partial charge on any atom is 0.276 e. The van der Waals surface area contributed by atoms with Gasteiger partial charge in [0, 0.05) is 10.6 Å². The van der Waals surface area contributed by atoms with Gasteiger partial charge in [0.05, 0.1) is 12.2 Å². The lowest BCUT2D eigenvalue weighted by Gasteiger charge is -2.03. The van der Waals surface area contributed by atoms with Crippen LogP contribution in [0.25, 0.3) is 11.3 Å². The van der Waals surface area contributed by atoms with E-state index in [0.29, 0.717) is 22.8 Å². The Kier molecular flexibility index (Phi) is 4.86. The number of H-pyrrole nitrogens is 1. The Hall–Kier alpha value is -3.52. The van der Waals surface area contributed by atoms with E-state index in [9.17, 15) is 9.18 Å². The summed E-state index contributed by atoms with van der Waals surface area (Å²) in [5.41, 5.74) is 2.35. The van der Waals surface area contributed by atoms with Gasteiger partial charge in [-0.1, -0.05) is 29.8 Å². The van der Waals surface area contributed by atoms with E-state index >= 15 is 0 Å². The second-order valence-corrected chi connectivity index (χ2v) is 6.39. The number of nitrogens with one attached hydrogen (secondary N) is 2. The molecule has 9 heteroatoms. The molecule has 0 aliphatic heterocycles. The molecule has 140 valence electrons. The number of aromatic nitrogens is 5. The molecule has 0 aliphatic carbocycles. The van der Waals surface area contributed by atoms with Crippen molar-refractivity contribution in [3.05, 3.63) is 83.0 Å². The first-order valence-corrected chi connectivity index (χ1v) is 8.72. The van der Waals surface area contributed by atoms with E-state index in [4.69, 9.17) is 11.6 Å². The summed E-state index contributed by atoms with van der Waals surface area (Å²) in [7, 11) is 0. The van der Waals surface area contributed by atoms with Gasteiger partial charge in [0.1, 0.15) is 17.8 Å². The van der Waals surface area contributed by atoms with Crippen molar-refractivity contribution in [2.75, 3.05) is 5.32 Å². The molecule has 4 aromatic rings. The SMILES string of the molecule is O=C(Nc1ncn(Cc2ccccc2Cl)n1)c1cc(-c2ccc(F)cc2)n[nH]1. The van der Waals surface area contributed by atoms with Crippen molar-refractivity contribution in [3.8, 4) is 11.3 Å². The van der Waals surface area contributed by atoms with Gasteiger partial charge in [-0.2, -0.15) is 5.10 Å². The molecule has 2 heterocycles. The molecule has 0 saturated heterocycles. The normalized spacial score (nSPS) is 10.8. The van der Waals surface area contributed by atoms with Crippen LogP contribution in [0.2, 0.25) is 5.02 Å². The summed E-state index contributed by atoms with van der Waals surface area (Å²) < 4.78 is 14.6. The van der Waals surface area contributed by atoms with Gasteiger partial charge in [0.2, 0.25) is 5.95 Å². The second kappa shape index (κ2) is 7.61. The van der Waals surface area contributed by atoms with Crippen molar-refractivity contribution in [3.63, 3.8) is 0 Å². The number of carbonyl (C=O) groups is 1. The van der Waals surface area contributed by atoms with Gasteiger partial charge in [-0.25, -0.2) is 14.1 Å². The largest absolute Gasteiger partial charge is 0.288 e. The highest BCUT2D eigenvalue weighted by Crippen LogP contribution is 2.19. The van der Waals surface area contributed by atoms with E-state index in [-0.39, 0.29) is 17.5 Å². The fourth-order valence-corrected chi connectivity index (χ4v) is 2.80. The van der Waals surface area contributed by atoms with E-state index in [2.05, 4.69) is 25.6 Å². The van der Waals surface area contributed by atoms with E-state index in [1.807, 2.05) is 18.2 Å². The summed E-state index contributed by atoms with van der Waals surface area (Å²) in [5, 5.41) is 14.2. The fraction of sp³-hybridized carbons (Fsp3) is 0.0526. The second-order valence-electron chi connectivity index (χ2n) is 5.99. The Morgan fingerprint density at radius 1 is 1.18 bits per heavy atom. The maximum absolute atomic E-state index is 13.0. The molecule has 4 rings (SSSR count). The summed E-state index contributed by atoms with van der Waals surface area (Å²) in [4.78, 5) is 16.5. The lowest BCUT2D eigenvalue weighted by Crippen LogP contribution is -2.14. The van der Waals surface area contributed by atoms with Crippen LogP contribution in [0.1, 0.15) is 16.1 Å². The molecule has 7 nitrogen and oxygen atoms in total. The van der Waals surface area contributed by atoms with Gasteiger partial charge in [-0.05, 0) is 42.0 Å². The van der Waals surface area contributed by atoms with Gasteiger partial charge in [-0.3, -0.25) is 15.2 Å². The third-order valence-electron chi connectivity index (χ3n) is 4.01. The van der Waals surface area contributed by atoms with Crippen molar-refractivity contribution < 1.29 is 9.18 Å². The van der Waals surface area contributed by atoms with Gasteiger partial charge in [0.15, 0.2) is 0 Å². The van der Waals surface area contributed by atoms with Crippen LogP contribution in [0.4, 0.5) is 10.3 Å². The predicted molar refractivity (Wildman–Crippen MR) is 103 cm³/mol. The lowest BCUT2D eigenvalue weighted by atomic mass is 10.1. The molecule has 2 aromatic carbocycles. The van der Waals surface area contributed by atoms with Crippen molar-refractivity contribution >= 4 is 23.5 Å². The fourth-order valence-electron chi connectivity index (χ4n) is 2.60. The molecule has 0 fully saturated rings. The minimum absolute atomic E-state index is 0.162.